The number of thiazole rings is 1. The van der Waals surface area contributed by atoms with Crippen molar-refractivity contribution in [3.63, 3.8) is 0 Å². The molecule has 0 aliphatic heterocycles. The van der Waals surface area contributed by atoms with Gasteiger partial charge in [-0.25, -0.2) is 4.98 Å². The van der Waals surface area contributed by atoms with Gasteiger partial charge in [0.05, 0.1) is 15.2 Å². The molecule has 26 heavy (non-hydrogen) atoms. The zero-order valence-corrected chi connectivity index (χ0v) is 17.1. The third-order valence-corrected chi connectivity index (χ3v) is 4.99. The number of nitrogens with one attached hydrogen (secondary N) is 1. The number of rotatable bonds is 5. The average molecular weight is 412 g/mol. The fourth-order valence-electron chi connectivity index (χ4n) is 2.58. The first kappa shape index (κ1) is 22.4. The minimum atomic E-state index is -0.650. The predicted octanol–water partition coefficient (Wildman–Crippen LogP) is 4.20. The normalized spacial score (nSPS) is 12.6. The predicted molar refractivity (Wildman–Crippen MR) is 114 cm³/mol. The molecule has 3 aromatic rings. The van der Waals surface area contributed by atoms with Gasteiger partial charge in [0.1, 0.15) is 6.04 Å². The molecule has 1 aromatic heterocycles. The van der Waals surface area contributed by atoms with Gasteiger partial charge in [0, 0.05) is 12.5 Å². The lowest BCUT2D eigenvalue weighted by Gasteiger charge is -2.17. The summed E-state index contributed by atoms with van der Waals surface area (Å²) in [5.41, 5.74) is 9.05. The Hall–Kier alpha value is -1.66. The molecule has 1 amide bonds. The van der Waals surface area contributed by atoms with Gasteiger partial charge in [-0.2, -0.15) is 0 Å². The lowest BCUT2D eigenvalue weighted by atomic mass is 10.0. The van der Waals surface area contributed by atoms with E-state index in [1.165, 1.54) is 4.70 Å². The number of hydrogen-bond donors (Lipinski definition) is 2. The number of fused-ring (bicyclic) bond motifs is 1. The van der Waals surface area contributed by atoms with E-state index >= 15 is 0 Å². The second-order valence-corrected chi connectivity index (χ2v) is 7.19. The van der Waals surface area contributed by atoms with Gasteiger partial charge in [-0.3, -0.25) is 4.79 Å². The zero-order chi connectivity index (χ0) is 17.1. The van der Waals surface area contributed by atoms with E-state index in [1.807, 2.05) is 56.3 Å². The van der Waals surface area contributed by atoms with Crippen LogP contribution in [0.15, 0.2) is 48.5 Å². The first-order chi connectivity index (χ1) is 11.5. The molecule has 3 N–H and O–H groups in total. The summed E-state index contributed by atoms with van der Waals surface area (Å²) in [5, 5.41) is 4.01. The Labute approximate surface area is 170 Å². The maximum atomic E-state index is 12.3. The van der Waals surface area contributed by atoms with Crippen LogP contribution in [0.5, 0.6) is 0 Å². The van der Waals surface area contributed by atoms with Crippen LogP contribution in [0.25, 0.3) is 10.2 Å². The van der Waals surface area contributed by atoms with Crippen molar-refractivity contribution in [2.24, 2.45) is 5.73 Å². The van der Waals surface area contributed by atoms with E-state index in [4.69, 9.17) is 5.73 Å². The molecule has 0 fully saturated rings. The number of nitrogens with two attached hydrogens (primary N) is 1. The van der Waals surface area contributed by atoms with Gasteiger partial charge in [0.15, 0.2) is 0 Å². The van der Waals surface area contributed by atoms with Gasteiger partial charge in [-0.15, -0.1) is 36.2 Å². The number of benzene rings is 2. The highest BCUT2D eigenvalue weighted by atomic mass is 35.5. The van der Waals surface area contributed by atoms with E-state index in [0.717, 1.165) is 21.7 Å². The van der Waals surface area contributed by atoms with Crippen LogP contribution in [0.4, 0.5) is 0 Å². The number of carbonyl (C=O) groups excluding carboxylic acids is 1. The number of carbonyl (C=O) groups is 1. The van der Waals surface area contributed by atoms with Crippen molar-refractivity contribution >= 4 is 52.3 Å². The monoisotopic (exact) mass is 411 g/mol. The van der Waals surface area contributed by atoms with Crippen molar-refractivity contribution in [1.29, 1.82) is 0 Å². The third kappa shape index (κ3) is 5.42. The first-order valence-corrected chi connectivity index (χ1v) is 8.81. The second-order valence-electron chi connectivity index (χ2n) is 6.08. The van der Waals surface area contributed by atoms with Gasteiger partial charge in [-0.05, 0) is 31.5 Å². The molecule has 1 heterocycles. The van der Waals surface area contributed by atoms with Crippen molar-refractivity contribution in [2.45, 2.75) is 32.4 Å². The van der Waals surface area contributed by atoms with Crippen LogP contribution in [0.3, 0.4) is 0 Å². The van der Waals surface area contributed by atoms with Gasteiger partial charge in [-0.1, -0.05) is 42.0 Å². The van der Waals surface area contributed by atoms with Crippen molar-refractivity contribution < 1.29 is 4.79 Å². The van der Waals surface area contributed by atoms with Crippen molar-refractivity contribution in [3.8, 4) is 0 Å². The van der Waals surface area contributed by atoms with Gasteiger partial charge >= 0.3 is 0 Å². The van der Waals surface area contributed by atoms with E-state index in [2.05, 4.69) is 16.4 Å². The quantitative estimate of drug-likeness (QED) is 0.660. The van der Waals surface area contributed by atoms with E-state index in [0.29, 0.717) is 6.42 Å². The molecule has 140 valence electrons. The molecule has 0 saturated carbocycles. The van der Waals surface area contributed by atoms with Crippen molar-refractivity contribution in [1.82, 2.24) is 10.3 Å². The Bertz CT molecular complexity index is 818. The molecule has 0 spiro atoms. The van der Waals surface area contributed by atoms with E-state index < -0.39 is 6.04 Å². The Morgan fingerprint density at radius 1 is 1.15 bits per heavy atom. The summed E-state index contributed by atoms with van der Waals surface area (Å²) in [6.07, 6.45) is 0.700. The number of aromatic nitrogens is 1. The molecule has 0 saturated heterocycles. The van der Waals surface area contributed by atoms with E-state index in [9.17, 15) is 4.79 Å². The van der Waals surface area contributed by atoms with Crippen LogP contribution < -0.4 is 11.1 Å². The van der Waals surface area contributed by atoms with E-state index in [-0.39, 0.29) is 36.8 Å². The third-order valence-electron chi connectivity index (χ3n) is 3.93. The number of nitrogens with zero attached hydrogens (tertiary/aromatic N) is 1. The number of hydrogen-bond acceptors (Lipinski definition) is 4. The SMILES string of the molecule is Cc1ccc(C(N)C(=O)NC(C)Cc2nc3ccccc3s2)cc1.Cl.Cl. The Morgan fingerprint density at radius 2 is 1.81 bits per heavy atom. The summed E-state index contributed by atoms with van der Waals surface area (Å²) >= 11 is 1.67. The fourth-order valence-corrected chi connectivity index (χ4v) is 3.67. The molecule has 0 aliphatic rings. The van der Waals surface area contributed by atoms with E-state index in [1.54, 1.807) is 11.3 Å². The number of amides is 1. The maximum Gasteiger partial charge on any atom is 0.241 e. The molecule has 2 unspecified atom stereocenters. The molecule has 2 atom stereocenters. The summed E-state index contributed by atoms with van der Waals surface area (Å²) in [4.78, 5) is 17.0. The molecule has 4 nitrogen and oxygen atoms in total. The van der Waals surface area contributed by atoms with Crippen LogP contribution in [0, 0.1) is 6.92 Å². The number of para-hydroxylation sites is 1. The van der Waals surface area contributed by atoms with Crippen LogP contribution in [-0.4, -0.2) is 16.9 Å². The number of aryl methyl sites for hydroxylation is 1. The highest BCUT2D eigenvalue weighted by Crippen LogP contribution is 2.22. The molecule has 3 rings (SSSR count). The summed E-state index contributed by atoms with van der Waals surface area (Å²) in [6.45, 7) is 3.99. The molecule has 2 aromatic carbocycles. The standard InChI is InChI=1S/C19H21N3OS.2ClH/c1-12-7-9-14(10-8-12)18(20)19(23)21-13(2)11-17-22-15-5-3-4-6-16(15)24-17;;/h3-10,13,18H,11,20H2,1-2H3,(H,21,23);2*1H. The number of halogens is 2. The molecule has 0 bridgehead atoms. The van der Waals surface area contributed by atoms with Crippen LogP contribution in [0.2, 0.25) is 0 Å². The minimum Gasteiger partial charge on any atom is -0.352 e. The largest absolute Gasteiger partial charge is 0.352 e. The Morgan fingerprint density at radius 3 is 2.46 bits per heavy atom. The van der Waals surface area contributed by atoms with Crippen LogP contribution in [0.1, 0.15) is 29.1 Å². The minimum absolute atomic E-state index is 0. The smallest absolute Gasteiger partial charge is 0.241 e. The summed E-state index contributed by atoms with van der Waals surface area (Å²) < 4.78 is 1.17. The lowest BCUT2D eigenvalue weighted by Crippen LogP contribution is -2.40. The summed E-state index contributed by atoms with van der Waals surface area (Å²) in [7, 11) is 0. The molecule has 7 heteroatoms. The molecule has 0 aliphatic carbocycles. The van der Waals surface area contributed by atoms with Gasteiger partial charge < -0.3 is 11.1 Å². The Kier molecular flexibility index (Phi) is 8.50. The summed E-state index contributed by atoms with van der Waals surface area (Å²) in [5.74, 6) is -0.160. The van der Waals surface area contributed by atoms with Gasteiger partial charge in [0.2, 0.25) is 5.91 Å². The molecule has 0 radical (unpaired) electrons. The van der Waals surface area contributed by atoms with Crippen LogP contribution >= 0.6 is 36.2 Å². The lowest BCUT2D eigenvalue weighted by molar-refractivity contribution is -0.123. The zero-order valence-electron chi connectivity index (χ0n) is 14.6. The van der Waals surface area contributed by atoms with Crippen molar-refractivity contribution in [3.05, 3.63) is 64.7 Å². The highest BCUT2D eigenvalue weighted by molar-refractivity contribution is 7.18. The van der Waals surface area contributed by atoms with Crippen LogP contribution in [-0.2, 0) is 11.2 Å². The van der Waals surface area contributed by atoms with Crippen molar-refractivity contribution in [2.75, 3.05) is 0 Å². The average Bonchev–Trinajstić information content (AvgIpc) is 2.96. The Balaban J connectivity index is 0.00000169. The first-order valence-electron chi connectivity index (χ1n) is 8.00. The molecular weight excluding hydrogens is 389 g/mol. The molecular formula is C19H23Cl2N3OS. The topological polar surface area (TPSA) is 68.0 Å². The second kappa shape index (κ2) is 9.88. The fraction of sp³-hybridized carbons (Fsp3) is 0.263. The van der Waals surface area contributed by atoms with Gasteiger partial charge in [0.25, 0.3) is 0 Å². The maximum absolute atomic E-state index is 12.3. The highest BCUT2D eigenvalue weighted by Gasteiger charge is 2.18. The summed E-state index contributed by atoms with van der Waals surface area (Å²) in [6, 6.07) is 15.1.